The molecule has 0 N–H and O–H groups in total. The first kappa shape index (κ1) is 12.1. The number of aryl methyl sites for hydroxylation is 1. The molecule has 0 radical (unpaired) electrons. The molecule has 21 heavy (non-hydrogen) atoms. The van der Waals surface area contributed by atoms with Gasteiger partial charge >= 0.3 is 0 Å². The van der Waals surface area contributed by atoms with Gasteiger partial charge in [0.05, 0.1) is 23.3 Å². The second-order valence-electron chi connectivity index (χ2n) is 5.23. The smallest absolute Gasteiger partial charge is 0.125 e. The van der Waals surface area contributed by atoms with Gasteiger partial charge in [-0.25, -0.2) is 4.39 Å². The summed E-state index contributed by atoms with van der Waals surface area (Å²) in [5, 5.41) is 6.77. The number of hydrogen-bond donors (Lipinski definition) is 0. The van der Waals surface area contributed by atoms with Crippen molar-refractivity contribution in [3.05, 3.63) is 66.2 Å². The highest BCUT2D eigenvalue weighted by molar-refractivity contribution is 5.83. The number of para-hydroxylation sites is 1. The van der Waals surface area contributed by atoms with Gasteiger partial charge in [-0.15, -0.1) is 0 Å². The number of rotatable bonds is 2. The Hall–Kier alpha value is -2.62. The summed E-state index contributed by atoms with van der Waals surface area (Å²) in [4.78, 5) is 0. The van der Waals surface area contributed by atoms with E-state index in [1.54, 1.807) is 12.1 Å². The van der Waals surface area contributed by atoms with Gasteiger partial charge in [0.25, 0.3) is 0 Å². The predicted octanol–water partition coefficient (Wildman–Crippen LogP) is 3.72. The van der Waals surface area contributed by atoms with Crippen LogP contribution >= 0.6 is 0 Å². The third-order valence-electron chi connectivity index (χ3n) is 3.89. The summed E-state index contributed by atoms with van der Waals surface area (Å²) in [5.74, 6) is -0.215. The summed E-state index contributed by atoms with van der Waals surface area (Å²) < 4.78 is 17.4. The third kappa shape index (κ3) is 1.91. The maximum absolute atomic E-state index is 13.5. The van der Waals surface area contributed by atoms with E-state index in [9.17, 15) is 4.39 Å². The minimum atomic E-state index is -0.215. The van der Waals surface area contributed by atoms with E-state index in [2.05, 4.69) is 17.2 Å². The van der Waals surface area contributed by atoms with E-state index in [-0.39, 0.29) is 5.82 Å². The summed E-state index contributed by atoms with van der Waals surface area (Å²) in [5.41, 5.74) is 3.00. The van der Waals surface area contributed by atoms with Gasteiger partial charge in [0.2, 0.25) is 0 Å². The van der Waals surface area contributed by atoms with Crippen LogP contribution in [0, 0.1) is 5.82 Å². The summed E-state index contributed by atoms with van der Waals surface area (Å²) in [6.07, 6.45) is 1.98. The van der Waals surface area contributed by atoms with Crippen LogP contribution in [0.25, 0.3) is 21.8 Å². The maximum atomic E-state index is 13.5. The Morgan fingerprint density at radius 3 is 2.81 bits per heavy atom. The molecule has 0 unspecified atom stereocenters. The van der Waals surface area contributed by atoms with Gasteiger partial charge < -0.3 is 4.57 Å². The number of fused-ring (bicyclic) bond motifs is 2. The molecular weight excluding hydrogens is 265 g/mol. The Bertz CT molecular complexity index is 949. The molecule has 2 heterocycles. The fourth-order valence-corrected chi connectivity index (χ4v) is 2.86. The van der Waals surface area contributed by atoms with Crippen molar-refractivity contribution >= 4 is 21.8 Å². The molecule has 0 amide bonds. The summed E-state index contributed by atoms with van der Waals surface area (Å²) in [7, 11) is 1.94. The highest BCUT2D eigenvalue weighted by Crippen LogP contribution is 2.22. The van der Waals surface area contributed by atoms with Gasteiger partial charge in [-0.2, -0.15) is 5.10 Å². The number of nitrogens with zero attached hydrogens (tertiary/aromatic N) is 3. The normalized spacial score (nSPS) is 11.5. The molecule has 0 saturated heterocycles. The van der Waals surface area contributed by atoms with Crippen molar-refractivity contribution in [2.45, 2.75) is 6.54 Å². The van der Waals surface area contributed by atoms with Gasteiger partial charge in [0.15, 0.2) is 0 Å². The van der Waals surface area contributed by atoms with Crippen LogP contribution in [0.3, 0.4) is 0 Å². The first-order chi connectivity index (χ1) is 10.2. The lowest BCUT2D eigenvalue weighted by molar-refractivity contribution is 0.628. The highest BCUT2D eigenvalue weighted by atomic mass is 19.1. The summed E-state index contributed by atoms with van der Waals surface area (Å²) in [6, 6.07) is 15.0. The zero-order chi connectivity index (χ0) is 14.4. The van der Waals surface area contributed by atoms with Crippen LogP contribution in [-0.4, -0.2) is 14.3 Å². The van der Waals surface area contributed by atoms with Crippen molar-refractivity contribution in [2.24, 2.45) is 7.05 Å². The molecule has 4 heteroatoms. The van der Waals surface area contributed by atoms with Gasteiger partial charge in [-0.1, -0.05) is 18.2 Å². The average Bonchev–Trinajstić information content (AvgIpc) is 3.02. The molecule has 0 aliphatic heterocycles. The first-order valence-corrected chi connectivity index (χ1v) is 6.87. The van der Waals surface area contributed by atoms with Crippen molar-refractivity contribution in [1.29, 1.82) is 0 Å². The molecule has 0 spiro atoms. The Labute approximate surface area is 121 Å². The van der Waals surface area contributed by atoms with E-state index in [0.717, 1.165) is 27.5 Å². The molecule has 0 atom stereocenters. The molecule has 4 aromatic rings. The lowest BCUT2D eigenvalue weighted by Crippen LogP contribution is -2.00. The van der Waals surface area contributed by atoms with Crippen molar-refractivity contribution < 1.29 is 4.39 Å². The van der Waals surface area contributed by atoms with Gasteiger partial charge in [0.1, 0.15) is 5.82 Å². The standard InChI is InChI=1S/C17H14FN3/c1-20-16-5-3-2-4-14(16)15(19-20)11-21-9-8-12-6-7-13(18)10-17(12)21/h2-10H,11H2,1H3. The molecule has 2 aromatic heterocycles. The van der Waals surface area contributed by atoms with Crippen LogP contribution in [-0.2, 0) is 13.6 Å². The largest absolute Gasteiger partial charge is 0.341 e. The minimum Gasteiger partial charge on any atom is -0.341 e. The molecular formula is C17H14FN3. The van der Waals surface area contributed by atoms with Crippen LogP contribution < -0.4 is 0 Å². The van der Waals surface area contributed by atoms with E-state index in [4.69, 9.17) is 0 Å². The lowest BCUT2D eigenvalue weighted by atomic mass is 10.2. The fraction of sp³-hybridized carbons (Fsp3) is 0.118. The lowest BCUT2D eigenvalue weighted by Gasteiger charge is -2.03. The molecule has 0 aliphatic carbocycles. The Kier molecular flexibility index (Phi) is 2.57. The number of hydrogen-bond acceptors (Lipinski definition) is 1. The van der Waals surface area contributed by atoms with Crippen LogP contribution in [0.5, 0.6) is 0 Å². The molecule has 3 nitrogen and oxygen atoms in total. The zero-order valence-electron chi connectivity index (χ0n) is 11.6. The van der Waals surface area contributed by atoms with E-state index in [1.165, 1.54) is 6.07 Å². The first-order valence-electron chi connectivity index (χ1n) is 6.87. The molecule has 0 fully saturated rings. The number of halogens is 1. The zero-order valence-corrected chi connectivity index (χ0v) is 11.6. The molecule has 0 aliphatic rings. The Morgan fingerprint density at radius 1 is 1.05 bits per heavy atom. The van der Waals surface area contributed by atoms with Gasteiger partial charge in [-0.3, -0.25) is 4.68 Å². The number of aromatic nitrogens is 3. The highest BCUT2D eigenvalue weighted by Gasteiger charge is 2.10. The van der Waals surface area contributed by atoms with E-state index < -0.39 is 0 Å². The monoisotopic (exact) mass is 279 g/mol. The number of benzene rings is 2. The van der Waals surface area contributed by atoms with Crippen LogP contribution in [0.1, 0.15) is 5.69 Å². The maximum Gasteiger partial charge on any atom is 0.125 e. The molecule has 0 saturated carbocycles. The molecule has 0 bridgehead atoms. The van der Waals surface area contributed by atoms with Crippen molar-refractivity contribution in [3.8, 4) is 0 Å². The molecule has 4 rings (SSSR count). The topological polar surface area (TPSA) is 22.8 Å². The summed E-state index contributed by atoms with van der Waals surface area (Å²) >= 11 is 0. The van der Waals surface area contributed by atoms with E-state index >= 15 is 0 Å². The van der Waals surface area contributed by atoms with Crippen LogP contribution in [0.2, 0.25) is 0 Å². The second-order valence-corrected chi connectivity index (χ2v) is 5.23. The predicted molar refractivity (Wildman–Crippen MR) is 81.7 cm³/mol. The van der Waals surface area contributed by atoms with Gasteiger partial charge in [0, 0.05) is 18.6 Å². The van der Waals surface area contributed by atoms with E-state index in [0.29, 0.717) is 6.54 Å². The molecule has 2 aromatic carbocycles. The quantitative estimate of drug-likeness (QED) is 0.548. The Morgan fingerprint density at radius 2 is 1.90 bits per heavy atom. The van der Waals surface area contributed by atoms with Crippen molar-refractivity contribution in [3.63, 3.8) is 0 Å². The van der Waals surface area contributed by atoms with E-state index in [1.807, 2.05) is 40.7 Å². The van der Waals surface area contributed by atoms with Crippen molar-refractivity contribution in [2.75, 3.05) is 0 Å². The Balaban J connectivity index is 1.85. The molecule has 104 valence electrons. The average molecular weight is 279 g/mol. The third-order valence-corrected chi connectivity index (χ3v) is 3.89. The summed E-state index contributed by atoms with van der Waals surface area (Å²) in [6.45, 7) is 0.633. The van der Waals surface area contributed by atoms with Crippen LogP contribution in [0.15, 0.2) is 54.7 Å². The fourth-order valence-electron chi connectivity index (χ4n) is 2.86. The van der Waals surface area contributed by atoms with Crippen molar-refractivity contribution in [1.82, 2.24) is 14.3 Å². The SMILES string of the molecule is Cn1nc(Cn2ccc3ccc(F)cc32)c2ccccc21. The minimum absolute atomic E-state index is 0.215. The van der Waals surface area contributed by atoms with Crippen LogP contribution in [0.4, 0.5) is 4.39 Å². The second kappa shape index (κ2) is 4.45. The van der Waals surface area contributed by atoms with Gasteiger partial charge in [-0.05, 0) is 35.7 Å².